The molecule has 2 aromatic heterocycles. The zero-order chi connectivity index (χ0) is 52.0. The normalized spacial score (nSPS) is 20.3. The molecule has 1 aliphatic rings. The number of fused-ring (bicyclic) bond motifs is 1. The van der Waals surface area contributed by atoms with E-state index in [0.29, 0.717) is 6.42 Å². The van der Waals surface area contributed by atoms with E-state index in [-0.39, 0.29) is 53.8 Å². The third kappa shape index (κ3) is 23.0. The Bertz CT molecular complexity index is 2120. The number of amides is 2. The number of aliphatic hydroxyl groups is 3. The number of aromatic nitrogens is 4. The second-order valence-electron chi connectivity index (χ2n) is 17.5. The van der Waals surface area contributed by atoms with E-state index < -0.39 is 90.7 Å². The van der Waals surface area contributed by atoms with Crippen molar-refractivity contribution in [1.82, 2.24) is 30.2 Å². The van der Waals surface area contributed by atoms with E-state index in [1.807, 2.05) is 0 Å². The van der Waals surface area contributed by atoms with Crippen LogP contribution in [0.4, 0.5) is 5.82 Å². The maximum absolute atomic E-state index is 12.8. The van der Waals surface area contributed by atoms with Crippen molar-refractivity contribution in [3.63, 3.8) is 0 Å². The van der Waals surface area contributed by atoms with Gasteiger partial charge in [-0.3, -0.25) is 32.5 Å². The van der Waals surface area contributed by atoms with Crippen LogP contribution in [0.1, 0.15) is 130 Å². The Labute approximate surface area is 411 Å². The van der Waals surface area contributed by atoms with Gasteiger partial charge in [0.1, 0.15) is 36.3 Å². The average Bonchev–Trinajstić information content (AvgIpc) is 3.84. The summed E-state index contributed by atoms with van der Waals surface area (Å²) in [5.74, 6) is -1.22. The number of unbranched alkanes of at least 4 members (excludes halogenated alkanes) is 11. The monoisotopic (exact) mass is 1080 g/mol. The molecular formula is C41H72N7O18P3S. The third-order valence-corrected chi connectivity index (χ3v) is 15.0. The third-order valence-electron chi connectivity index (χ3n) is 11.0. The lowest BCUT2D eigenvalue weighted by Crippen LogP contribution is -2.46. The lowest BCUT2D eigenvalue weighted by Gasteiger charge is -2.30. The Hall–Kier alpha value is -2.74. The minimum atomic E-state index is -5.59. The van der Waals surface area contributed by atoms with Gasteiger partial charge in [-0.25, -0.2) is 28.6 Å². The number of aliphatic hydroxyl groups excluding tert-OH is 3. The molecule has 2 aromatic rings. The van der Waals surface area contributed by atoms with Crippen molar-refractivity contribution in [2.24, 2.45) is 5.41 Å². The molecule has 3 rings (SSSR count). The van der Waals surface area contributed by atoms with Gasteiger partial charge in [0.25, 0.3) is 0 Å². The van der Waals surface area contributed by atoms with Gasteiger partial charge in [-0.2, -0.15) is 4.31 Å². The van der Waals surface area contributed by atoms with Crippen molar-refractivity contribution in [2.45, 2.75) is 160 Å². The number of carbonyl (C=O) groups is 3. The van der Waals surface area contributed by atoms with Gasteiger partial charge in [0.05, 0.1) is 25.6 Å². The molecule has 400 valence electrons. The fraction of sp³-hybridized carbons (Fsp3) is 0.756. The highest BCUT2D eigenvalue weighted by molar-refractivity contribution is 8.13. The van der Waals surface area contributed by atoms with Crippen LogP contribution in [0.15, 0.2) is 24.8 Å². The number of phosphoric ester groups is 3. The zero-order valence-electron chi connectivity index (χ0n) is 39.9. The van der Waals surface area contributed by atoms with Crippen molar-refractivity contribution in [1.29, 1.82) is 0 Å². The van der Waals surface area contributed by atoms with Gasteiger partial charge in [0.2, 0.25) is 11.8 Å². The van der Waals surface area contributed by atoms with Crippen LogP contribution in [0.3, 0.4) is 0 Å². The highest BCUT2D eigenvalue weighted by atomic mass is 32.2. The quantitative estimate of drug-likeness (QED) is 0.0256. The highest BCUT2D eigenvalue weighted by Gasteiger charge is 2.50. The number of carbonyl (C=O) groups excluding carboxylic acids is 3. The largest absolute Gasteiger partial charge is 0.481 e. The summed E-state index contributed by atoms with van der Waals surface area (Å²) in [6, 6.07) is 0. The van der Waals surface area contributed by atoms with E-state index in [1.165, 1.54) is 65.2 Å². The molecule has 1 fully saturated rings. The molecule has 2 amide bonds. The van der Waals surface area contributed by atoms with Crippen LogP contribution in [-0.2, 0) is 50.7 Å². The first-order chi connectivity index (χ1) is 32.9. The van der Waals surface area contributed by atoms with Gasteiger partial charge in [-0.1, -0.05) is 102 Å². The first kappa shape index (κ1) is 61.6. The lowest BCUT2D eigenvalue weighted by molar-refractivity contribution is -0.137. The number of nitrogens with zero attached hydrogens (tertiary/aromatic N) is 4. The molecule has 3 heterocycles. The Kier molecular flexibility index (Phi) is 26.8. The number of thioether (sulfide) groups is 1. The predicted molar refractivity (Wildman–Crippen MR) is 257 cm³/mol. The fourth-order valence-electron chi connectivity index (χ4n) is 7.10. The Morgan fingerprint density at radius 1 is 0.900 bits per heavy atom. The number of hydrogen-bond donors (Lipinski definition) is 10. The van der Waals surface area contributed by atoms with Gasteiger partial charge < -0.3 is 56.0 Å². The number of nitrogen functional groups attached to an aromatic ring is 1. The van der Waals surface area contributed by atoms with Crippen molar-refractivity contribution in [3.8, 4) is 0 Å². The van der Waals surface area contributed by atoms with E-state index in [9.17, 15) is 63.0 Å². The van der Waals surface area contributed by atoms with Crippen molar-refractivity contribution < 1.29 is 85.6 Å². The van der Waals surface area contributed by atoms with E-state index in [1.54, 1.807) is 0 Å². The topological polar surface area (TPSA) is 384 Å². The number of rotatable bonds is 36. The standard InChI is InChI=1S/C41H72N7O18P3S/c1-4-5-6-7-8-9-10-11-12-13-14-15-16-17-18-19-29(49)24-32(51)70-23-22-43-31(50)20-21-44-39(54)36(53)41(2,3)26-63-69(60,61)66-68(58,59)62-25-30-35(65-67(55,56)57)34(52)40(64-30)48-28-47-33-37(42)45-27-46-38(33)48/h9-10,27-30,34-36,40,49,52-53H,4-8,11-26H2,1-3H3,(H,43,50)(H,44,54)(H,58,59)(H,60,61)(H2,42,45,46)(H2,55,56,57)/b10-9+. The van der Waals surface area contributed by atoms with Crippen LogP contribution in [-0.4, -0.2) is 134 Å². The van der Waals surface area contributed by atoms with Gasteiger partial charge in [0.15, 0.2) is 22.8 Å². The zero-order valence-corrected chi connectivity index (χ0v) is 43.4. The van der Waals surface area contributed by atoms with Crippen LogP contribution in [0.25, 0.3) is 11.2 Å². The molecule has 0 radical (unpaired) electrons. The van der Waals surface area contributed by atoms with Gasteiger partial charge in [-0.05, 0) is 32.1 Å². The Morgan fingerprint density at radius 2 is 1.53 bits per heavy atom. The number of phosphoric acid groups is 3. The first-order valence-electron chi connectivity index (χ1n) is 23.3. The minimum Gasteiger partial charge on any atom is -0.393 e. The summed E-state index contributed by atoms with van der Waals surface area (Å²) < 4.78 is 62.4. The molecule has 8 unspecified atom stereocenters. The minimum absolute atomic E-state index is 0.0205. The second kappa shape index (κ2) is 30.5. The number of allylic oxidation sites excluding steroid dienone is 2. The number of hydrogen-bond acceptors (Lipinski definition) is 19. The van der Waals surface area contributed by atoms with Crippen molar-refractivity contribution >= 4 is 69.1 Å². The summed E-state index contributed by atoms with van der Waals surface area (Å²) in [4.78, 5) is 88.5. The molecule has 70 heavy (non-hydrogen) atoms. The summed E-state index contributed by atoms with van der Waals surface area (Å²) in [7, 11) is -16.4. The molecule has 0 aliphatic carbocycles. The van der Waals surface area contributed by atoms with Crippen LogP contribution < -0.4 is 16.4 Å². The van der Waals surface area contributed by atoms with E-state index in [0.717, 1.165) is 61.1 Å². The molecule has 0 spiro atoms. The van der Waals surface area contributed by atoms with Crippen molar-refractivity contribution in [2.75, 3.05) is 37.8 Å². The molecule has 1 aliphatic heterocycles. The molecule has 8 atom stereocenters. The molecule has 29 heteroatoms. The van der Waals surface area contributed by atoms with Crippen molar-refractivity contribution in [3.05, 3.63) is 24.8 Å². The highest BCUT2D eigenvalue weighted by Crippen LogP contribution is 2.61. The molecule has 25 nitrogen and oxygen atoms in total. The number of imidazole rings is 1. The summed E-state index contributed by atoms with van der Waals surface area (Å²) in [5.41, 5.74) is 4.26. The van der Waals surface area contributed by atoms with Gasteiger partial charge >= 0.3 is 23.5 Å². The van der Waals surface area contributed by atoms with E-state index in [2.05, 4.69) is 53.5 Å². The lowest BCUT2D eigenvalue weighted by atomic mass is 9.87. The second-order valence-corrected chi connectivity index (χ2v) is 22.9. The van der Waals surface area contributed by atoms with E-state index >= 15 is 0 Å². The molecule has 11 N–H and O–H groups in total. The van der Waals surface area contributed by atoms with Crippen LogP contribution in [0.5, 0.6) is 0 Å². The molecule has 0 bridgehead atoms. The number of anilines is 1. The average molecular weight is 1080 g/mol. The molecule has 0 saturated carbocycles. The van der Waals surface area contributed by atoms with Gasteiger partial charge in [-0.15, -0.1) is 0 Å². The van der Waals surface area contributed by atoms with E-state index in [4.69, 9.17) is 19.5 Å². The van der Waals surface area contributed by atoms with Crippen LogP contribution >= 0.6 is 35.2 Å². The number of nitrogens with one attached hydrogen (secondary N) is 2. The molecular weight excluding hydrogens is 1000 g/mol. The summed E-state index contributed by atoms with van der Waals surface area (Å²) in [5, 5.41) is 36.6. The summed E-state index contributed by atoms with van der Waals surface area (Å²) in [6.45, 7) is 2.62. The van der Waals surface area contributed by atoms with Gasteiger partial charge in [0, 0.05) is 37.1 Å². The number of ether oxygens (including phenoxy) is 1. The Morgan fingerprint density at radius 3 is 2.19 bits per heavy atom. The maximum Gasteiger partial charge on any atom is 0.481 e. The smallest absolute Gasteiger partial charge is 0.393 e. The van der Waals surface area contributed by atoms with Crippen LogP contribution in [0, 0.1) is 5.41 Å². The summed E-state index contributed by atoms with van der Waals surface area (Å²) >= 11 is 0.998. The first-order valence-corrected chi connectivity index (χ1v) is 28.8. The summed E-state index contributed by atoms with van der Waals surface area (Å²) in [6.07, 6.45) is 12.7. The Balaban J connectivity index is 1.29. The maximum atomic E-state index is 12.8. The fourth-order valence-corrected chi connectivity index (χ4v) is 10.7. The molecule has 0 aromatic carbocycles. The SMILES string of the molecule is CCCCCC/C=C/CCCCCCCCCC(O)CC(=O)SCCNC(=O)CCNC(=O)C(O)C(C)(C)COP(=O)(O)OP(=O)(O)OCC1OC(n2cnc3c(N)ncnc32)C(O)C1OP(=O)(O)O. The molecule has 1 saturated heterocycles. The number of nitrogens with two attached hydrogens (primary N) is 1. The predicted octanol–water partition coefficient (Wildman–Crippen LogP) is 4.45. The van der Waals surface area contributed by atoms with Crippen LogP contribution in [0.2, 0.25) is 0 Å².